The van der Waals surface area contributed by atoms with Gasteiger partial charge >= 0.3 is 5.97 Å². The van der Waals surface area contributed by atoms with Crippen LogP contribution in [0.3, 0.4) is 0 Å². The van der Waals surface area contributed by atoms with Crippen LogP contribution in [0.2, 0.25) is 0 Å². The molecule has 1 fully saturated rings. The Hall–Kier alpha value is -1.43. The fourth-order valence-corrected chi connectivity index (χ4v) is 2.36. The molecule has 1 saturated carbocycles. The summed E-state index contributed by atoms with van der Waals surface area (Å²) in [7, 11) is 0. The second-order valence-electron chi connectivity index (χ2n) is 5.11. The maximum absolute atomic E-state index is 11.1. The molecular formula is C12H18N2O4. The van der Waals surface area contributed by atoms with E-state index >= 15 is 0 Å². The third kappa shape index (κ3) is 2.25. The summed E-state index contributed by atoms with van der Waals surface area (Å²) in [6.07, 6.45) is 0.586. The number of carboxylic acid groups (broad SMARTS) is 1. The maximum atomic E-state index is 11.1. The normalized spacial score (nSPS) is 25.1. The molecule has 6 heteroatoms. The van der Waals surface area contributed by atoms with E-state index in [-0.39, 0.29) is 11.3 Å². The fourth-order valence-electron chi connectivity index (χ4n) is 2.36. The van der Waals surface area contributed by atoms with E-state index in [1.54, 1.807) is 0 Å². The van der Waals surface area contributed by atoms with Crippen molar-refractivity contribution in [1.29, 1.82) is 0 Å². The molecule has 0 spiro atoms. The van der Waals surface area contributed by atoms with Crippen molar-refractivity contribution in [1.82, 2.24) is 10.1 Å². The van der Waals surface area contributed by atoms with Crippen LogP contribution >= 0.6 is 0 Å². The first kappa shape index (κ1) is 13.0. The summed E-state index contributed by atoms with van der Waals surface area (Å²) in [5, 5.41) is 12.9. The van der Waals surface area contributed by atoms with E-state index in [1.807, 2.05) is 20.8 Å². The Bertz CT molecular complexity index is 441. The van der Waals surface area contributed by atoms with Crippen molar-refractivity contribution in [3.05, 3.63) is 11.7 Å². The number of hydrogen-bond acceptors (Lipinski definition) is 5. The number of carboxylic acids is 1. The standard InChI is InChI=1S/C12H18N2O4/c1-4-17-6-5-7-13-10(18-14-7)8-9(11(15)16)12(8,2)3/h8-9H,4-6H2,1-3H3,(H,15,16). The summed E-state index contributed by atoms with van der Waals surface area (Å²) in [6.45, 7) is 6.93. The lowest BCUT2D eigenvalue weighted by Crippen LogP contribution is -2.03. The minimum absolute atomic E-state index is 0.177. The smallest absolute Gasteiger partial charge is 0.307 e. The van der Waals surface area contributed by atoms with Crippen molar-refractivity contribution in [2.45, 2.75) is 33.1 Å². The van der Waals surface area contributed by atoms with E-state index in [1.165, 1.54) is 0 Å². The molecule has 2 atom stereocenters. The lowest BCUT2D eigenvalue weighted by atomic mass is 10.1. The van der Waals surface area contributed by atoms with Gasteiger partial charge in [-0.3, -0.25) is 4.79 Å². The summed E-state index contributed by atoms with van der Waals surface area (Å²) in [4.78, 5) is 15.3. The number of aromatic nitrogens is 2. The van der Waals surface area contributed by atoms with Crippen molar-refractivity contribution >= 4 is 5.97 Å². The summed E-state index contributed by atoms with van der Waals surface area (Å²) < 4.78 is 10.4. The number of carbonyl (C=O) groups is 1. The molecule has 0 bridgehead atoms. The SMILES string of the molecule is CCOCCc1noc(C2C(C(=O)O)C2(C)C)n1. The van der Waals surface area contributed by atoms with Crippen LogP contribution in [0.4, 0.5) is 0 Å². The summed E-state index contributed by atoms with van der Waals surface area (Å²) in [5.74, 6) is -0.413. The minimum atomic E-state index is -0.806. The highest BCUT2D eigenvalue weighted by Crippen LogP contribution is 2.63. The fraction of sp³-hybridized carbons (Fsp3) is 0.750. The summed E-state index contributed by atoms with van der Waals surface area (Å²) >= 11 is 0. The lowest BCUT2D eigenvalue weighted by molar-refractivity contribution is -0.139. The summed E-state index contributed by atoms with van der Waals surface area (Å²) in [6, 6.07) is 0. The third-order valence-corrected chi connectivity index (χ3v) is 3.52. The predicted molar refractivity (Wildman–Crippen MR) is 62.1 cm³/mol. The molecule has 100 valence electrons. The Morgan fingerprint density at radius 2 is 2.28 bits per heavy atom. The molecule has 1 N–H and O–H groups in total. The third-order valence-electron chi connectivity index (χ3n) is 3.52. The Kier molecular flexibility index (Phi) is 3.38. The van der Waals surface area contributed by atoms with Gasteiger partial charge in [0.1, 0.15) is 0 Å². The Labute approximate surface area is 105 Å². The molecule has 1 aliphatic carbocycles. The van der Waals surface area contributed by atoms with Gasteiger partial charge in [-0.05, 0) is 12.3 Å². The van der Waals surface area contributed by atoms with Crippen LogP contribution in [-0.4, -0.2) is 34.4 Å². The molecule has 0 radical (unpaired) electrons. The molecule has 6 nitrogen and oxygen atoms in total. The molecule has 2 unspecified atom stereocenters. The Morgan fingerprint density at radius 1 is 1.56 bits per heavy atom. The second kappa shape index (κ2) is 4.68. The van der Waals surface area contributed by atoms with Gasteiger partial charge in [0.05, 0.1) is 18.4 Å². The molecule has 1 heterocycles. The molecule has 0 aliphatic heterocycles. The monoisotopic (exact) mass is 254 g/mol. The van der Waals surface area contributed by atoms with Crippen LogP contribution in [-0.2, 0) is 16.0 Å². The van der Waals surface area contributed by atoms with Gasteiger partial charge in [-0.15, -0.1) is 0 Å². The van der Waals surface area contributed by atoms with Crippen LogP contribution < -0.4 is 0 Å². The quantitative estimate of drug-likeness (QED) is 0.774. The Balaban J connectivity index is 2.01. The highest BCUT2D eigenvalue weighted by molar-refractivity contribution is 5.77. The number of ether oxygens (including phenoxy) is 1. The lowest BCUT2D eigenvalue weighted by Gasteiger charge is -1.96. The van der Waals surface area contributed by atoms with Crippen molar-refractivity contribution in [2.24, 2.45) is 11.3 Å². The van der Waals surface area contributed by atoms with Crippen LogP contribution in [0.5, 0.6) is 0 Å². The molecule has 1 aromatic heterocycles. The van der Waals surface area contributed by atoms with Gasteiger partial charge in [0.25, 0.3) is 0 Å². The van der Waals surface area contributed by atoms with Crippen molar-refractivity contribution < 1.29 is 19.2 Å². The zero-order valence-electron chi connectivity index (χ0n) is 10.8. The molecular weight excluding hydrogens is 236 g/mol. The van der Waals surface area contributed by atoms with Crippen LogP contribution in [0.1, 0.15) is 38.4 Å². The highest BCUT2D eigenvalue weighted by atomic mass is 16.5. The molecule has 0 amide bonds. The maximum Gasteiger partial charge on any atom is 0.307 e. The van der Waals surface area contributed by atoms with Gasteiger partial charge < -0.3 is 14.4 Å². The molecule has 1 aliphatic rings. The zero-order valence-corrected chi connectivity index (χ0v) is 10.8. The van der Waals surface area contributed by atoms with E-state index in [2.05, 4.69) is 10.1 Å². The van der Waals surface area contributed by atoms with Crippen molar-refractivity contribution in [2.75, 3.05) is 13.2 Å². The first-order chi connectivity index (χ1) is 8.48. The molecule has 18 heavy (non-hydrogen) atoms. The average molecular weight is 254 g/mol. The van der Waals surface area contributed by atoms with E-state index in [9.17, 15) is 4.79 Å². The van der Waals surface area contributed by atoms with Gasteiger partial charge in [-0.1, -0.05) is 19.0 Å². The molecule has 2 rings (SSSR count). The minimum Gasteiger partial charge on any atom is -0.481 e. The van der Waals surface area contributed by atoms with Crippen LogP contribution in [0.15, 0.2) is 4.52 Å². The van der Waals surface area contributed by atoms with Gasteiger partial charge in [0, 0.05) is 13.0 Å². The van der Waals surface area contributed by atoms with Gasteiger partial charge in [-0.2, -0.15) is 4.98 Å². The van der Waals surface area contributed by atoms with E-state index in [0.29, 0.717) is 31.3 Å². The average Bonchev–Trinajstić information content (AvgIpc) is 2.68. The van der Waals surface area contributed by atoms with E-state index < -0.39 is 11.9 Å². The largest absolute Gasteiger partial charge is 0.481 e. The first-order valence-electron chi connectivity index (χ1n) is 6.11. The predicted octanol–water partition coefficient (Wildman–Crippen LogP) is 1.47. The van der Waals surface area contributed by atoms with E-state index in [0.717, 1.165) is 0 Å². The number of aliphatic carboxylic acids is 1. The zero-order chi connectivity index (χ0) is 13.3. The van der Waals surface area contributed by atoms with Gasteiger partial charge in [-0.25, -0.2) is 0 Å². The van der Waals surface area contributed by atoms with Crippen LogP contribution in [0, 0.1) is 11.3 Å². The molecule has 0 saturated heterocycles. The number of hydrogen-bond donors (Lipinski definition) is 1. The van der Waals surface area contributed by atoms with Crippen molar-refractivity contribution in [3.63, 3.8) is 0 Å². The number of nitrogens with zero attached hydrogens (tertiary/aromatic N) is 2. The molecule has 0 aromatic carbocycles. The topological polar surface area (TPSA) is 85.5 Å². The van der Waals surface area contributed by atoms with Crippen molar-refractivity contribution in [3.8, 4) is 0 Å². The summed E-state index contributed by atoms with van der Waals surface area (Å²) in [5.41, 5.74) is -0.310. The highest BCUT2D eigenvalue weighted by Gasteiger charge is 2.65. The van der Waals surface area contributed by atoms with Crippen LogP contribution in [0.25, 0.3) is 0 Å². The van der Waals surface area contributed by atoms with Gasteiger partial charge in [0.15, 0.2) is 5.82 Å². The second-order valence-corrected chi connectivity index (χ2v) is 5.11. The first-order valence-corrected chi connectivity index (χ1v) is 6.11. The number of rotatable bonds is 6. The van der Waals surface area contributed by atoms with Gasteiger partial charge in [0.2, 0.25) is 5.89 Å². The Morgan fingerprint density at radius 3 is 2.83 bits per heavy atom. The van der Waals surface area contributed by atoms with E-state index in [4.69, 9.17) is 14.4 Å². The molecule has 1 aromatic rings.